The van der Waals surface area contributed by atoms with Crippen LogP contribution in [0.5, 0.6) is 0 Å². The largest absolute Gasteiger partial charge is 0.464 e. The quantitative estimate of drug-likeness (QED) is 0.759. The molecule has 0 aromatic carbocycles. The first-order valence-electron chi connectivity index (χ1n) is 5.72. The van der Waals surface area contributed by atoms with Gasteiger partial charge in [-0.2, -0.15) is 13.2 Å². The van der Waals surface area contributed by atoms with Gasteiger partial charge in [0.2, 0.25) is 0 Å². The molecule has 0 saturated heterocycles. The lowest BCUT2D eigenvalue weighted by Gasteiger charge is -2.10. The molecule has 0 saturated carbocycles. The van der Waals surface area contributed by atoms with E-state index in [2.05, 4.69) is 14.7 Å². The van der Waals surface area contributed by atoms with Crippen LogP contribution in [0.25, 0.3) is 11.4 Å². The number of esters is 1. The fraction of sp³-hybridized carbons (Fsp3) is 0.154. The number of hydrogen-bond acceptors (Lipinski definition) is 4. The van der Waals surface area contributed by atoms with Crippen molar-refractivity contribution in [1.82, 2.24) is 9.97 Å². The second-order valence-corrected chi connectivity index (χ2v) is 4.89. The van der Waals surface area contributed by atoms with Crippen molar-refractivity contribution in [3.63, 3.8) is 0 Å². The summed E-state index contributed by atoms with van der Waals surface area (Å²) in [6, 6.07) is 3.47. The van der Waals surface area contributed by atoms with Crippen LogP contribution in [0.15, 0.2) is 24.4 Å². The molecule has 0 aliphatic heterocycles. The minimum atomic E-state index is -4.56. The van der Waals surface area contributed by atoms with E-state index in [1.807, 2.05) is 0 Å². The first kappa shape index (κ1) is 16.5. The van der Waals surface area contributed by atoms with Gasteiger partial charge < -0.3 is 4.74 Å². The van der Waals surface area contributed by atoms with Crippen LogP contribution in [0.2, 0.25) is 10.0 Å². The van der Waals surface area contributed by atoms with Gasteiger partial charge in [-0.15, -0.1) is 0 Å². The van der Waals surface area contributed by atoms with E-state index in [1.165, 1.54) is 12.1 Å². The maximum atomic E-state index is 12.6. The van der Waals surface area contributed by atoms with Gasteiger partial charge in [0.25, 0.3) is 0 Å². The average molecular weight is 351 g/mol. The van der Waals surface area contributed by atoms with Crippen LogP contribution in [0.4, 0.5) is 13.2 Å². The van der Waals surface area contributed by atoms with E-state index in [-0.39, 0.29) is 27.1 Å². The molecule has 0 spiro atoms. The fourth-order valence-corrected chi connectivity index (χ4v) is 2.04. The standard InChI is InChI=1S/C13H7Cl2F3N2O2/c1-22-12(21)11-7(14)2-3-9(20-11)10-8(15)4-6(5-19-10)13(16,17)18/h2-5H,1H3. The topological polar surface area (TPSA) is 52.1 Å². The molecule has 0 N–H and O–H groups in total. The number of ether oxygens (including phenoxy) is 1. The molecule has 2 heterocycles. The smallest absolute Gasteiger partial charge is 0.417 e. The molecule has 0 amide bonds. The fourth-order valence-electron chi connectivity index (χ4n) is 1.60. The maximum absolute atomic E-state index is 12.6. The highest BCUT2D eigenvalue weighted by atomic mass is 35.5. The summed E-state index contributed by atoms with van der Waals surface area (Å²) in [5.41, 5.74) is -1.07. The normalized spacial score (nSPS) is 11.4. The van der Waals surface area contributed by atoms with Crippen molar-refractivity contribution in [2.75, 3.05) is 7.11 Å². The van der Waals surface area contributed by atoms with Gasteiger partial charge in [0.1, 0.15) is 5.69 Å². The lowest BCUT2D eigenvalue weighted by atomic mass is 10.2. The Morgan fingerprint density at radius 2 is 1.91 bits per heavy atom. The van der Waals surface area contributed by atoms with Crippen LogP contribution in [0.1, 0.15) is 16.1 Å². The molecule has 116 valence electrons. The highest BCUT2D eigenvalue weighted by molar-refractivity contribution is 6.34. The number of rotatable bonds is 2. The zero-order valence-electron chi connectivity index (χ0n) is 10.9. The number of aromatic nitrogens is 2. The van der Waals surface area contributed by atoms with E-state index in [0.717, 1.165) is 13.2 Å². The molecule has 2 aromatic rings. The van der Waals surface area contributed by atoms with Crippen molar-refractivity contribution in [1.29, 1.82) is 0 Å². The molecule has 2 aromatic heterocycles. The minimum absolute atomic E-state index is 0.00325. The molecule has 0 atom stereocenters. The maximum Gasteiger partial charge on any atom is 0.417 e. The molecule has 22 heavy (non-hydrogen) atoms. The molecule has 0 aliphatic rings. The first-order chi connectivity index (χ1) is 10.2. The summed E-state index contributed by atoms with van der Waals surface area (Å²) >= 11 is 11.6. The summed E-state index contributed by atoms with van der Waals surface area (Å²) in [5.74, 6) is -0.783. The minimum Gasteiger partial charge on any atom is -0.464 e. The van der Waals surface area contributed by atoms with E-state index >= 15 is 0 Å². The number of alkyl halides is 3. The van der Waals surface area contributed by atoms with E-state index in [0.29, 0.717) is 6.20 Å². The van der Waals surface area contributed by atoms with Gasteiger partial charge in [-0.05, 0) is 18.2 Å². The van der Waals surface area contributed by atoms with Crippen LogP contribution >= 0.6 is 23.2 Å². The summed E-state index contributed by atoms with van der Waals surface area (Å²) in [4.78, 5) is 19.1. The van der Waals surface area contributed by atoms with Crippen molar-refractivity contribution >= 4 is 29.2 Å². The monoisotopic (exact) mass is 350 g/mol. The predicted molar refractivity (Wildman–Crippen MR) is 73.8 cm³/mol. The lowest BCUT2D eigenvalue weighted by molar-refractivity contribution is -0.137. The highest BCUT2D eigenvalue weighted by Crippen LogP contribution is 2.34. The molecular weight excluding hydrogens is 344 g/mol. The number of carbonyl (C=O) groups is 1. The first-order valence-corrected chi connectivity index (χ1v) is 6.47. The van der Waals surface area contributed by atoms with Crippen molar-refractivity contribution in [2.24, 2.45) is 0 Å². The Kier molecular flexibility index (Phi) is 4.58. The van der Waals surface area contributed by atoms with Crippen molar-refractivity contribution in [3.8, 4) is 11.4 Å². The molecule has 9 heteroatoms. The van der Waals surface area contributed by atoms with E-state index in [9.17, 15) is 18.0 Å². The third-order valence-corrected chi connectivity index (χ3v) is 3.23. The van der Waals surface area contributed by atoms with Gasteiger partial charge in [0.15, 0.2) is 5.69 Å². The number of halogens is 5. The number of carbonyl (C=O) groups excluding carboxylic acids is 1. The lowest BCUT2D eigenvalue weighted by Crippen LogP contribution is -2.08. The highest BCUT2D eigenvalue weighted by Gasteiger charge is 2.31. The Bertz CT molecular complexity index is 736. The zero-order valence-corrected chi connectivity index (χ0v) is 12.4. The van der Waals surface area contributed by atoms with E-state index in [1.54, 1.807) is 0 Å². The Hall–Kier alpha value is -1.86. The van der Waals surface area contributed by atoms with Gasteiger partial charge in [0, 0.05) is 6.20 Å². The van der Waals surface area contributed by atoms with Crippen LogP contribution in [0, 0.1) is 0 Å². The summed E-state index contributed by atoms with van der Waals surface area (Å²) in [5, 5.41) is -0.209. The van der Waals surface area contributed by atoms with Crippen LogP contribution in [0.3, 0.4) is 0 Å². The van der Waals surface area contributed by atoms with Gasteiger partial charge in [-0.25, -0.2) is 9.78 Å². The Morgan fingerprint density at radius 3 is 2.45 bits per heavy atom. The number of methoxy groups -OCH3 is 1. The van der Waals surface area contributed by atoms with Crippen LogP contribution in [-0.2, 0) is 10.9 Å². The molecule has 2 rings (SSSR count). The van der Waals surface area contributed by atoms with E-state index < -0.39 is 17.7 Å². The van der Waals surface area contributed by atoms with Crippen molar-refractivity contribution in [2.45, 2.75) is 6.18 Å². The molecule has 0 aliphatic carbocycles. The number of hydrogen-bond donors (Lipinski definition) is 0. The number of nitrogens with zero attached hydrogens (tertiary/aromatic N) is 2. The zero-order chi connectivity index (χ0) is 16.5. The van der Waals surface area contributed by atoms with Gasteiger partial charge >= 0.3 is 12.1 Å². The van der Waals surface area contributed by atoms with Crippen molar-refractivity contribution < 1.29 is 22.7 Å². The Labute approximate surface area is 132 Å². The van der Waals surface area contributed by atoms with Crippen LogP contribution < -0.4 is 0 Å². The molecule has 0 unspecified atom stereocenters. The summed E-state index contributed by atoms with van der Waals surface area (Å²) < 4.78 is 42.2. The molecule has 0 radical (unpaired) electrons. The average Bonchev–Trinajstić information content (AvgIpc) is 2.46. The van der Waals surface area contributed by atoms with E-state index in [4.69, 9.17) is 23.2 Å². The number of pyridine rings is 2. The molecular formula is C13H7Cl2F3N2O2. The third kappa shape index (κ3) is 3.31. The van der Waals surface area contributed by atoms with Gasteiger partial charge in [-0.3, -0.25) is 4.98 Å². The van der Waals surface area contributed by atoms with Crippen LogP contribution in [-0.4, -0.2) is 23.0 Å². The summed E-state index contributed by atoms with van der Waals surface area (Å²) in [7, 11) is 1.15. The summed E-state index contributed by atoms with van der Waals surface area (Å²) in [6.07, 6.45) is -3.92. The summed E-state index contributed by atoms with van der Waals surface area (Å²) in [6.45, 7) is 0. The van der Waals surface area contributed by atoms with Gasteiger partial charge in [-0.1, -0.05) is 23.2 Å². The van der Waals surface area contributed by atoms with Gasteiger partial charge in [0.05, 0.1) is 28.4 Å². The SMILES string of the molecule is COC(=O)c1nc(-c2ncc(C(F)(F)F)cc2Cl)ccc1Cl. The second-order valence-electron chi connectivity index (χ2n) is 4.07. The molecule has 4 nitrogen and oxygen atoms in total. The second kappa shape index (κ2) is 6.10. The Morgan fingerprint density at radius 1 is 1.23 bits per heavy atom. The molecule has 0 fully saturated rings. The molecule has 0 bridgehead atoms. The third-order valence-electron chi connectivity index (χ3n) is 2.64. The van der Waals surface area contributed by atoms with Crippen molar-refractivity contribution in [3.05, 3.63) is 45.7 Å². The predicted octanol–water partition coefficient (Wildman–Crippen LogP) is 4.26. The Balaban J connectivity index is 2.51.